The second-order valence-corrected chi connectivity index (χ2v) is 8.09. The number of nitrogens with zero attached hydrogens (tertiary/aromatic N) is 1. The van der Waals surface area contributed by atoms with E-state index in [9.17, 15) is 10.3 Å². The van der Waals surface area contributed by atoms with Crippen LogP contribution in [-0.2, 0) is 17.5 Å². The van der Waals surface area contributed by atoms with Crippen LogP contribution in [0.4, 0.5) is 0 Å². The third kappa shape index (κ3) is 3.10. The molecule has 0 saturated heterocycles. The zero-order chi connectivity index (χ0) is 18.4. The molecule has 0 amide bonds. The molecular formula is C20H29N2O3-. The average Bonchev–Trinajstić information content (AvgIpc) is 2.98. The zero-order valence-corrected chi connectivity index (χ0v) is 15.8. The van der Waals surface area contributed by atoms with Gasteiger partial charge in [-0.3, -0.25) is 5.32 Å². The Bertz CT molecular complexity index is 711. The molecule has 25 heavy (non-hydrogen) atoms. The van der Waals surface area contributed by atoms with Gasteiger partial charge in [-0.25, -0.2) is 0 Å². The molecule has 5 nitrogen and oxygen atoms in total. The van der Waals surface area contributed by atoms with Crippen LogP contribution < -0.4 is 5.32 Å². The Morgan fingerprint density at radius 2 is 1.80 bits per heavy atom. The Morgan fingerprint density at radius 1 is 1.16 bits per heavy atom. The SMILES string of the molecule is CCCCNC(O)Cc1cc2cc3c(cc2o1)C(C)(C)N([O-])C3(C)C. The van der Waals surface area contributed by atoms with E-state index < -0.39 is 17.3 Å². The van der Waals surface area contributed by atoms with Crippen LogP contribution >= 0.6 is 0 Å². The van der Waals surface area contributed by atoms with Crippen LogP contribution in [0.1, 0.15) is 64.3 Å². The van der Waals surface area contributed by atoms with Gasteiger partial charge in [0.15, 0.2) is 0 Å². The summed E-state index contributed by atoms with van der Waals surface area (Å²) < 4.78 is 5.95. The van der Waals surface area contributed by atoms with Gasteiger partial charge < -0.3 is 19.8 Å². The summed E-state index contributed by atoms with van der Waals surface area (Å²) in [4.78, 5) is 0. The first kappa shape index (κ1) is 18.4. The number of furan rings is 1. The van der Waals surface area contributed by atoms with E-state index in [-0.39, 0.29) is 0 Å². The van der Waals surface area contributed by atoms with Crippen LogP contribution in [-0.4, -0.2) is 22.9 Å². The van der Waals surface area contributed by atoms with Gasteiger partial charge in [-0.05, 0) is 70.0 Å². The minimum atomic E-state index is -0.607. The lowest BCUT2D eigenvalue weighted by molar-refractivity contribution is 0.101. The molecule has 3 rings (SSSR count). The smallest absolute Gasteiger partial charge is 0.134 e. The molecule has 2 N–H and O–H groups in total. The van der Waals surface area contributed by atoms with Gasteiger partial charge in [0.25, 0.3) is 0 Å². The van der Waals surface area contributed by atoms with Crippen LogP contribution in [0.15, 0.2) is 22.6 Å². The van der Waals surface area contributed by atoms with Crippen molar-refractivity contribution in [2.24, 2.45) is 0 Å². The molecule has 0 bridgehead atoms. The molecule has 0 radical (unpaired) electrons. The van der Waals surface area contributed by atoms with Crippen molar-refractivity contribution in [2.45, 2.75) is 71.2 Å². The van der Waals surface area contributed by atoms with E-state index in [1.165, 1.54) is 5.06 Å². The van der Waals surface area contributed by atoms with Crippen molar-refractivity contribution in [3.8, 4) is 0 Å². The molecule has 0 fully saturated rings. The molecular weight excluding hydrogens is 316 g/mol. The molecule has 0 aliphatic carbocycles. The van der Waals surface area contributed by atoms with E-state index in [4.69, 9.17) is 4.42 Å². The minimum absolute atomic E-state index is 0.434. The highest BCUT2D eigenvalue weighted by atomic mass is 16.5. The maximum absolute atomic E-state index is 12.7. The monoisotopic (exact) mass is 345 g/mol. The molecule has 2 heterocycles. The number of hydrogen-bond donors (Lipinski definition) is 2. The lowest BCUT2D eigenvalue weighted by Gasteiger charge is -2.46. The first-order valence-corrected chi connectivity index (χ1v) is 9.14. The molecule has 1 aliphatic heterocycles. The van der Waals surface area contributed by atoms with Crippen molar-refractivity contribution in [1.29, 1.82) is 0 Å². The molecule has 1 aliphatic rings. The lowest BCUT2D eigenvalue weighted by Crippen LogP contribution is -2.40. The molecule has 1 atom stereocenters. The average molecular weight is 345 g/mol. The molecule has 0 saturated carbocycles. The van der Waals surface area contributed by atoms with Gasteiger partial charge >= 0.3 is 0 Å². The molecule has 0 spiro atoms. The number of unbranched alkanes of at least 4 members (excludes halogenated alkanes) is 1. The van der Waals surface area contributed by atoms with E-state index in [1.807, 2.05) is 39.8 Å². The second kappa shape index (κ2) is 6.40. The summed E-state index contributed by atoms with van der Waals surface area (Å²) in [6.07, 6.45) is 1.96. The number of rotatable bonds is 6. The molecule has 138 valence electrons. The first-order valence-electron chi connectivity index (χ1n) is 9.14. The summed E-state index contributed by atoms with van der Waals surface area (Å²) in [7, 11) is 0. The second-order valence-electron chi connectivity index (χ2n) is 8.09. The van der Waals surface area contributed by atoms with Crippen LogP contribution in [0.5, 0.6) is 0 Å². The third-order valence-electron chi connectivity index (χ3n) is 5.35. The Hall–Kier alpha value is -1.40. The van der Waals surface area contributed by atoms with Crippen LogP contribution in [0, 0.1) is 5.21 Å². The highest BCUT2D eigenvalue weighted by Gasteiger charge is 2.44. The highest BCUT2D eigenvalue weighted by Crippen LogP contribution is 2.49. The third-order valence-corrected chi connectivity index (χ3v) is 5.35. The van der Waals surface area contributed by atoms with E-state index in [1.54, 1.807) is 0 Å². The summed E-state index contributed by atoms with van der Waals surface area (Å²) >= 11 is 0. The fourth-order valence-electron chi connectivity index (χ4n) is 3.88. The lowest BCUT2D eigenvalue weighted by atomic mass is 9.90. The summed E-state index contributed by atoms with van der Waals surface area (Å²) in [5.41, 5.74) is 1.69. The van der Waals surface area contributed by atoms with Gasteiger partial charge in [-0.1, -0.05) is 13.3 Å². The predicted molar refractivity (Wildman–Crippen MR) is 100 cm³/mol. The van der Waals surface area contributed by atoms with Crippen molar-refractivity contribution in [1.82, 2.24) is 10.4 Å². The number of hydrogen-bond acceptors (Lipinski definition) is 5. The summed E-state index contributed by atoms with van der Waals surface area (Å²) in [6, 6.07) is 6.02. The Kier molecular flexibility index (Phi) is 4.71. The molecule has 5 heteroatoms. The topological polar surface area (TPSA) is 71.7 Å². The van der Waals surface area contributed by atoms with Gasteiger partial charge in [-0.15, -0.1) is 0 Å². The van der Waals surface area contributed by atoms with Crippen molar-refractivity contribution >= 4 is 11.0 Å². The number of aliphatic hydroxyl groups is 1. The fraction of sp³-hybridized carbons (Fsp3) is 0.600. The summed E-state index contributed by atoms with van der Waals surface area (Å²) in [6.45, 7) is 10.7. The van der Waals surface area contributed by atoms with Crippen molar-refractivity contribution < 1.29 is 9.52 Å². The normalized spacial score (nSPS) is 20.1. The van der Waals surface area contributed by atoms with E-state index in [0.29, 0.717) is 6.42 Å². The Balaban J connectivity index is 1.89. The first-order chi connectivity index (χ1) is 11.7. The zero-order valence-electron chi connectivity index (χ0n) is 15.8. The Morgan fingerprint density at radius 3 is 2.44 bits per heavy atom. The number of nitrogens with one attached hydrogen (secondary N) is 1. The molecule has 1 unspecified atom stereocenters. The standard InChI is InChI=1S/C20H29N2O3/c1-6-7-8-21-18(23)11-14-9-13-10-15-16(12-17(13)25-14)20(4,5)22(24)19(15,2)3/h9-10,12,18,21,23H,6-8,11H2,1-5H3/q-1. The maximum atomic E-state index is 12.7. The van der Waals surface area contributed by atoms with Gasteiger partial charge in [0.2, 0.25) is 0 Å². The van der Waals surface area contributed by atoms with Crippen molar-refractivity contribution in [3.05, 3.63) is 40.3 Å². The van der Waals surface area contributed by atoms with Crippen LogP contribution in [0.3, 0.4) is 0 Å². The van der Waals surface area contributed by atoms with Gasteiger partial charge in [0.1, 0.15) is 17.6 Å². The number of benzene rings is 1. The summed E-state index contributed by atoms with van der Waals surface area (Å²) in [5, 5.41) is 28.0. The van der Waals surface area contributed by atoms with Gasteiger partial charge in [0, 0.05) is 22.9 Å². The van der Waals surface area contributed by atoms with Crippen LogP contribution in [0.25, 0.3) is 11.0 Å². The van der Waals surface area contributed by atoms with Crippen molar-refractivity contribution in [2.75, 3.05) is 6.54 Å². The predicted octanol–water partition coefficient (Wildman–Crippen LogP) is 3.97. The van der Waals surface area contributed by atoms with Crippen molar-refractivity contribution in [3.63, 3.8) is 0 Å². The number of aliphatic hydroxyl groups excluding tert-OH is 1. The van der Waals surface area contributed by atoms with Gasteiger partial charge in [-0.2, -0.15) is 0 Å². The minimum Gasteiger partial charge on any atom is -0.784 e. The molecule has 2 aromatic rings. The van der Waals surface area contributed by atoms with E-state index in [0.717, 1.165) is 47.2 Å². The summed E-state index contributed by atoms with van der Waals surface area (Å²) in [5.74, 6) is 0.754. The molecule has 1 aromatic heterocycles. The number of hydroxylamine groups is 2. The van der Waals surface area contributed by atoms with E-state index in [2.05, 4.69) is 18.3 Å². The van der Waals surface area contributed by atoms with E-state index >= 15 is 0 Å². The Labute approximate surface area is 149 Å². The maximum Gasteiger partial charge on any atom is 0.134 e. The largest absolute Gasteiger partial charge is 0.784 e. The van der Waals surface area contributed by atoms with Gasteiger partial charge in [0.05, 0.1) is 0 Å². The molecule has 1 aromatic carbocycles. The fourth-order valence-corrected chi connectivity index (χ4v) is 3.88. The van der Waals surface area contributed by atoms with Crippen LogP contribution in [0.2, 0.25) is 0 Å². The number of fused-ring (bicyclic) bond motifs is 2. The highest BCUT2D eigenvalue weighted by molar-refractivity contribution is 5.81. The quantitative estimate of drug-likeness (QED) is 0.612.